The highest BCUT2D eigenvalue weighted by Gasteiger charge is 2.10. The average molecular weight is 198 g/mol. The van der Waals surface area contributed by atoms with Crippen molar-refractivity contribution in [1.29, 1.82) is 0 Å². The minimum atomic E-state index is 1.08. The van der Waals surface area contributed by atoms with E-state index in [2.05, 4.69) is 39.4 Å². The number of hydrogen-bond donors (Lipinski definition) is 1. The summed E-state index contributed by atoms with van der Waals surface area (Å²) in [6.07, 6.45) is 1.15. The minimum absolute atomic E-state index is 1.08. The fourth-order valence-corrected chi connectivity index (χ4v) is 1.86. The third-order valence-corrected chi connectivity index (χ3v) is 2.55. The van der Waals surface area contributed by atoms with Gasteiger partial charge in [0.15, 0.2) is 0 Å². The van der Waals surface area contributed by atoms with Crippen molar-refractivity contribution in [1.82, 2.24) is 0 Å². The lowest BCUT2D eigenvalue weighted by Gasteiger charge is -1.99. The van der Waals surface area contributed by atoms with Crippen molar-refractivity contribution in [2.75, 3.05) is 11.9 Å². The predicted octanol–water partition coefficient (Wildman–Crippen LogP) is 2.42. The lowest BCUT2D eigenvalue weighted by atomic mass is 10.2. The molecule has 1 aliphatic heterocycles. The molecule has 0 bridgehead atoms. The number of benzene rings is 1. The predicted molar refractivity (Wildman–Crippen MR) is 46.3 cm³/mol. The molecule has 0 spiro atoms. The molecule has 0 aliphatic carbocycles. The summed E-state index contributed by atoms with van der Waals surface area (Å²) in [6, 6.07) is 6.26. The average Bonchev–Trinajstić information content (AvgIpc) is 2.36. The molecule has 0 amide bonds. The van der Waals surface area contributed by atoms with Crippen LogP contribution in [0.25, 0.3) is 0 Å². The van der Waals surface area contributed by atoms with Gasteiger partial charge in [-0.2, -0.15) is 0 Å². The normalized spacial score (nSPS) is 14.5. The van der Waals surface area contributed by atoms with E-state index < -0.39 is 0 Å². The van der Waals surface area contributed by atoms with Crippen LogP contribution in [0.3, 0.4) is 0 Å². The zero-order valence-electron chi connectivity index (χ0n) is 5.52. The fraction of sp³-hybridized carbons (Fsp3) is 0.250. The van der Waals surface area contributed by atoms with Gasteiger partial charge in [-0.15, -0.1) is 0 Å². The lowest BCUT2D eigenvalue weighted by molar-refractivity contribution is 1.10. The third-order valence-electron chi connectivity index (χ3n) is 1.81. The van der Waals surface area contributed by atoms with Gasteiger partial charge in [-0.05, 0) is 24.1 Å². The molecule has 0 saturated heterocycles. The van der Waals surface area contributed by atoms with Gasteiger partial charge in [0, 0.05) is 16.7 Å². The monoisotopic (exact) mass is 197 g/mol. The Morgan fingerprint density at radius 1 is 1.40 bits per heavy atom. The second-order valence-corrected chi connectivity index (χ2v) is 3.30. The molecule has 0 unspecified atom stereocenters. The van der Waals surface area contributed by atoms with Crippen molar-refractivity contribution < 1.29 is 0 Å². The van der Waals surface area contributed by atoms with Crippen LogP contribution in [0.1, 0.15) is 5.56 Å². The van der Waals surface area contributed by atoms with E-state index in [4.69, 9.17) is 0 Å². The fourth-order valence-electron chi connectivity index (χ4n) is 1.30. The highest BCUT2D eigenvalue weighted by molar-refractivity contribution is 9.10. The number of hydrogen-bond acceptors (Lipinski definition) is 1. The van der Waals surface area contributed by atoms with Gasteiger partial charge in [-0.25, -0.2) is 0 Å². The molecule has 2 heteroatoms. The Balaban J connectivity index is 2.59. The highest BCUT2D eigenvalue weighted by Crippen LogP contribution is 2.28. The smallest absolute Gasteiger partial charge is 0.0384 e. The van der Waals surface area contributed by atoms with Crippen molar-refractivity contribution in [3.05, 3.63) is 28.2 Å². The van der Waals surface area contributed by atoms with Crippen molar-refractivity contribution in [2.24, 2.45) is 0 Å². The number of halogens is 1. The zero-order chi connectivity index (χ0) is 6.97. The van der Waals surface area contributed by atoms with Crippen LogP contribution in [0.15, 0.2) is 22.7 Å². The maximum Gasteiger partial charge on any atom is 0.0384 e. The lowest BCUT2D eigenvalue weighted by Crippen LogP contribution is -1.90. The third kappa shape index (κ3) is 0.833. The molecule has 10 heavy (non-hydrogen) atoms. The van der Waals surface area contributed by atoms with E-state index in [9.17, 15) is 0 Å². The molecule has 52 valence electrons. The maximum atomic E-state index is 3.51. The number of fused-ring (bicyclic) bond motifs is 1. The Bertz CT molecular complexity index is 257. The van der Waals surface area contributed by atoms with Crippen LogP contribution < -0.4 is 5.32 Å². The first-order valence-corrected chi connectivity index (χ1v) is 4.18. The zero-order valence-corrected chi connectivity index (χ0v) is 7.11. The Morgan fingerprint density at radius 2 is 2.30 bits per heavy atom. The maximum absolute atomic E-state index is 3.51. The minimum Gasteiger partial charge on any atom is -0.384 e. The topological polar surface area (TPSA) is 12.0 Å². The van der Waals surface area contributed by atoms with Crippen molar-refractivity contribution in [3.8, 4) is 0 Å². The summed E-state index contributed by atoms with van der Waals surface area (Å²) in [4.78, 5) is 0. The van der Waals surface area contributed by atoms with Crippen LogP contribution in [-0.2, 0) is 6.42 Å². The van der Waals surface area contributed by atoms with Crippen molar-refractivity contribution in [3.63, 3.8) is 0 Å². The van der Waals surface area contributed by atoms with E-state index in [1.165, 1.54) is 15.7 Å². The quantitative estimate of drug-likeness (QED) is 0.674. The largest absolute Gasteiger partial charge is 0.384 e. The van der Waals surface area contributed by atoms with E-state index in [0.29, 0.717) is 0 Å². The van der Waals surface area contributed by atoms with E-state index in [1.54, 1.807) is 0 Å². The van der Waals surface area contributed by atoms with E-state index in [0.717, 1.165) is 13.0 Å². The Labute approximate surface area is 68.6 Å². The van der Waals surface area contributed by atoms with E-state index >= 15 is 0 Å². The number of rotatable bonds is 0. The molecule has 0 aromatic heterocycles. The van der Waals surface area contributed by atoms with Crippen LogP contribution in [0.5, 0.6) is 0 Å². The Kier molecular flexibility index (Phi) is 1.42. The van der Waals surface area contributed by atoms with Crippen LogP contribution in [0.4, 0.5) is 5.69 Å². The summed E-state index contributed by atoms with van der Waals surface area (Å²) < 4.78 is 1.23. The summed E-state index contributed by atoms with van der Waals surface area (Å²) in [5.41, 5.74) is 2.71. The molecule has 1 heterocycles. The van der Waals surface area contributed by atoms with Crippen molar-refractivity contribution in [2.45, 2.75) is 6.42 Å². The second kappa shape index (κ2) is 2.27. The molecule has 1 aliphatic rings. The van der Waals surface area contributed by atoms with Crippen LogP contribution in [-0.4, -0.2) is 6.54 Å². The first-order valence-electron chi connectivity index (χ1n) is 3.39. The summed E-state index contributed by atoms with van der Waals surface area (Å²) in [5.74, 6) is 0. The van der Waals surface area contributed by atoms with Gasteiger partial charge in [0.1, 0.15) is 0 Å². The molecular weight excluding hydrogens is 190 g/mol. The van der Waals surface area contributed by atoms with E-state index in [1.807, 2.05) is 0 Å². The van der Waals surface area contributed by atoms with Gasteiger partial charge in [-0.1, -0.05) is 22.0 Å². The first kappa shape index (κ1) is 6.23. The standard InChI is InChI=1S/C8H8BrN/c9-7-2-1-3-8-6(7)4-5-10-8/h1-3,10H,4-5H2. The molecule has 1 N–H and O–H groups in total. The SMILES string of the molecule is Brc1cccc2c1CCN2. The molecule has 1 aromatic carbocycles. The molecule has 1 aromatic rings. The number of nitrogens with one attached hydrogen (secondary N) is 1. The summed E-state index contributed by atoms with van der Waals surface area (Å²) in [5, 5.41) is 3.31. The van der Waals surface area contributed by atoms with Crippen molar-refractivity contribution >= 4 is 21.6 Å². The Hall–Kier alpha value is -0.500. The first-order chi connectivity index (χ1) is 4.88. The van der Waals surface area contributed by atoms with E-state index in [-0.39, 0.29) is 0 Å². The summed E-state index contributed by atoms with van der Waals surface area (Å²) in [7, 11) is 0. The molecule has 2 rings (SSSR count). The second-order valence-electron chi connectivity index (χ2n) is 2.44. The van der Waals surface area contributed by atoms with Gasteiger partial charge in [0.2, 0.25) is 0 Å². The molecular formula is C8H8BrN. The van der Waals surface area contributed by atoms with Gasteiger partial charge >= 0.3 is 0 Å². The van der Waals surface area contributed by atoms with Gasteiger partial charge in [-0.3, -0.25) is 0 Å². The molecule has 0 saturated carbocycles. The highest BCUT2D eigenvalue weighted by atomic mass is 79.9. The van der Waals surface area contributed by atoms with Crippen LogP contribution in [0, 0.1) is 0 Å². The molecule has 0 fully saturated rings. The summed E-state index contributed by atoms with van der Waals surface area (Å²) in [6.45, 7) is 1.08. The van der Waals surface area contributed by atoms with Crippen LogP contribution >= 0.6 is 15.9 Å². The molecule has 0 atom stereocenters. The van der Waals surface area contributed by atoms with Crippen LogP contribution in [0.2, 0.25) is 0 Å². The molecule has 1 nitrogen and oxygen atoms in total. The Morgan fingerprint density at radius 3 is 3.10 bits per heavy atom. The summed E-state index contributed by atoms with van der Waals surface area (Å²) >= 11 is 3.51. The van der Waals surface area contributed by atoms with Gasteiger partial charge in [0.05, 0.1) is 0 Å². The van der Waals surface area contributed by atoms with Gasteiger partial charge in [0.25, 0.3) is 0 Å². The molecule has 0 radical (unpaired) electrons. The number of anilines is 1. The van der Waals surface area contributed by atoms with Gasteiger partial charge < -0.3 is 5.32 Å².